The summed E-state index contributed by atoms with van der Waals surface area (Å²) in [5.74, 6) is 0.465. The Morgan fingerprint density at radius 2 is 1.89 bits per heavy atom. The molecule has 2 heteroatoms. The Balaban J connectivity index is 2.37. The van der Waals surface area contributed by atoms with E-state index in [9.17, 15) is 4.79 Å². The maximum absolute atomic E-state index is 11.9. The summed E-state index contributed by atoms with van der Waals surface area (Å²) in [5, 5.41) is 2.11. The van der Waals surface area contributed by atoms with Crippen LogP contribution in [0.5, 0.6) is 5.75 Å². The van der Waals surface area contributed by atoms with E-state index in [4.69, 9.17) is 4.74 Å². The number of hydrogen-bond donors (Lipinski definition) is 0. The zero-order valence-electron chi connectivity index (χ0n) is 10.7. The van der Waals surface area contributed by atoms with E-state index >= 15 is 0 Å². The summed E-state index contributed by atoms with van der Waals surface area (Å²) in [7, 11) is 0. The number of ether oxygens (including phenoxy) is 1. The Labute approximate surface area is 106 Å². The van der Waals surface area contributed by atoms with Crippen molar-refractivity contribution in [3.63, 3.8) is 0 Å². The van der Waals surface area contributed by atoms with Gasteiger partial charge in [-0.2, -0.15) is 0 Å². The molecule has 0 amide bonds. The second kappa shape index (κ2) is 3.70. The van der Waals surface area contributed by atoms with Gasteiger partial charge in [-0.1, -0.05) is 35.4 Å². The van der Waals surface area contributed by atoms with Crippen LogP contribution in [0.4, 0.5) is 0 Å². The van der Waals surface area contributed by atoms with Gasteiger partial charge in [-0.15, -0.1) is 0 Å². The van der Waals surface area contributed by atoms with Crippen LogP contribution in [0.15, 0.2) is 35.9 Å². The molecule has 0 atom stereocenters. The third-order valence-electron chi connectivity index (χ3n) is 3.29. The normalized spacial score (nSPS) is 13.7. The number of allylic oxidation sites excluding steroid dienone is 1. The van der Waals surface area contributed by atoms with Crippen molar-refractivity contribution in [1.82, 2.24) is 0 Å². The van der Waals surface area contributed by atoms with Crippen molar-refractivity contribution in [2.45, 2.75) is 20.8 Å². The van der Waals surface area contributed by atoms with E-state index in [-0.39, 0.29) is 5.97 Å². The molecule has 0 fully saturated rings. The van der Waals surface area contributed by atoms with Crippen molar-refractivity contribution in [3.05, 3.63) is 47.0 Å². The smallest absolute Gasteiger partial charge is 0.344 e. The van der Waals surface area contributed by atoms with E-state index in [1.54, 1.807) is 0 Å². The Hall–Kier alpha value is -2.09. The summed E-state index contributed by atoms with van der Waals surface area (Å²) in [6.45, 7) is 5.93. The van der Waals surface area contributed by atoms with Gasteiger partial charge in [-0.05, 0) is 32.2 Å². The molecule has 0 saturated carbocycles. The molecule has 0 bridgehead atoms. The molecule has 0 N–H and O–H groups in total. The van der Waals surface area contributed by atoms with Gasteiger partial charge in [0.1, 0.15) is 5.75 Å². The molecule has 90 valence electrons. The van der Waals surface area contributed by atoms with Gasteiger partial charge in [0, 0.05) is 10.9 Å². The fourth-order valence-electron chi connectivity index (χ4n) is 2.45. The highest BCUT2D eigenvalue weighted by Gasteiger charge is 2.29. The highest BCUT2D eigenvalue weighted by molar-refractivity contribution is 6.24. The Kier molecular flexibility index (Phi) is 2.27. The van der Waals surface area contributed by atoms with Gasteiger partial charge >= 0.3 is 5.97 Å². The molecule has 18 heavy (non-hydrogen) atoms. The van der Waals surface area contributed by atoms with Gasteiger partial charge in [0.05, 0.1) is 5.57 Å². The van der Waals surface area contributed by atoms with Gasteiger partial charge < -0.3 is 4.74 Å². The fraction of sp³-hybridized carbons (Fsp3) is 0.188. The maximum atomic E-state index is 11.9. The van der Waals surface area contributed by atoms with Crippen LogP contribution in [0.3, 0.4) is 0 Å². The van der Waals surface area contributed by atoms with Crippen LogP contribution in [-0.2, 0) is 4.79 Å². The molecule has 2 aromatic carbocycles. The predicted octanol–water partition coefficient (Wildman–Crippen LogP) is 3.86. The molecule has 0 aliphatic carbocycles. The van der Waals surface area contributed by atoms with Crippen LogP contribution in [0, 0.1) is 6.92 Å². The van der Waals surface area contributed by atoms with Crippen LogP contribution in [-0.4, -0.2) is 5.97 Å². The number of esters is 1. The third kappa shape index (κ3) is 1.46. The lowest BCUT2D eigenvalue weighted by Crippen LogP contribution is -2.01. The van der Waals surface area contributed by atoms with Crippen molar-refractivity contribution in [3.8, 4) is 5.75 Å². The highest BCUT2D eigenvalue weighted by Crippen LogP contribution is 2.41. The average Bonchev–Trinajstić information content (AvgIpc) is 2.64. The molecule has 0 spiro atoms. The summed E-state index contributed by atoms with van der Waals surface area (Å²) >= 11 is 0. The summed E-state index contributed by atoms with van der Waals surface area (Å²) < 4.78 is 5.44. The average molecular weight is 238 g/mol. The second-order valence-electron chi connectivity index (χ2n) is 4.93. The van der Waals surface area contributed by atoms with E-state index in [2.05, 4.69) is 13.0 Å². The molecule has 0 radical (unpaired) electrons. The molecule has 1 aliphatic heterocycles. The molecule has 1 aliphatic rings. The number of hydrogen-bond acceptors (Lipinski definition) is 2. The number of benzene rings is 2. The van der Waals surface area contributed by atoms with Crippen LogP contribution in [0.2, 0.25) is 0 Å². The van der Waals surface area contributed by atoms with Gasteiger partial charge in [0.25, 0.3) is 0 Å². The van der Waals surface area contributed by atoms with Gasteiger partial charge in [0.2, 0.25) is 0 Å². The number of carbonyl (C=O) groups is 1. The van der Waals surface area contributed by atoms with Gasteiger partial charge in [-0.25, -0.2) is 4.79 Å². The Morgan fingerprint density at radius 1 is 1.11 bits per heavy atom. The first-order valence-electron chi connectivity index (χ1n) is 6.01. The summed E-state index contributed by atoms with van der Waals surface area (Å²) in [5.41, 5.74) is 3.81. The Bertz CT molecular complexity index is 704. The maximum Gasteiger partial charge on any atom is 0.344 e. The summed E-state index contributed by atoms with van der Waals surface area (Å²) in [6.07, 6.45) is 0. The van der Waals surface area contributed by atoms with Crippen LogP contribution >= 0.6 is 0 Å². The van der Waals surface area contributed by atoms with Gasteiger partial charge in [0.15, 0.2) is 0 Å². The van der Waals surface area contributed by atoms with Crippen LogP contribution < -0.4 is 4.74 Å². The van der Waals surface area contributed by atoms with E-state index in [0.29, 0.717) is 11.3 Å². The SMILES string of the molecule is CC(C)=C1C(=O)Oc2c1ccc1cc(C)ccc21. The lowest BCUT2D eigenvalue weighted by Gasteiger charge is -2.04. The van der Waals surface area contributed by atoms with E-state index in [1.807, 2.05) is 38.1 Å². The molecule has 0 unspecified atom stereocenters. The first-order chi connectivity index (χ1) is 8.58. The minimum Gasteiger partial charge on any atom is -0.422 e. The van der Waals surface area contributed by atoms with Crippen molar-refractivity contribution < 1.29 is 9.53 Å². The molecular weight excluding hydrogens is 224 g/mol. The minimum atomic E-state index is -0.238. The number of rotatable bonds is 0. The molecule has 0 saturated heterocycles. The zero-order valence-corrected chi connectivity index (χ0v) is 10.7. The molecular formula is C16H14O2. The van der Waals surface area contributed by atoms with E-state index in [1.165, 1.54) is 5.56 Å². The first kappa shape index (κ1) is 11.0. The van der Waals surface area contributed by atoms with Crippen LogP contribution in [0.25, 0.3) is 16.3 Å². The van der Waals surface area contributed by atoms with Crippen molar-refractivity contribution in [1.29, 1.82) is 0 Å². The zero-order chi connectivity index (χ0) is 12.9. The minimum absolute atomic E-state index is 0.238. The summed E-state index contributed by atoms with van der Waals surface area (Å²) in [4.78, 5) is 11.9. The summed E-state index contributed by atoms with van der Waals surface area (Å²) in [6, 6.07) is 10.2. The molecule has 1 heterocycles. The molecule has 2 aromatic rings. The third-order valence-corrected chi connectivity index (χ3v) is 3.29. The first-order valence-corrected chi connectivity index (χ1v) is 6.01. The van der Waals surface area contributed by atoms with Crippen molar-refractivity contribution in [2.24, 2.45) is 0 Å². The fourth-order valence-corrected chi connectivity index (χ4v) is 2.45. The topological polar surface area (TPSA) is 26.3 Å². The monoisotopic (exact) mass is 238 g/mol. The quantitative estimate of drug-likeness (QED) is 0.396. The van der Waals surface area contributed by atoms with Gasteiger partial charge in [-0.3, -0.25) is 0 Å². The van der Waals surface area contributed by atoms with Crippen LogP contribution in [0.1, 0.15) is 25.0 Å². The second-order valence-corrected chi connectivity index (χ2v) is 4.93. The molecule has 2 nitrogen and oxygen atoms in total. The van der Waals surface area contributed by atoms with E-state index in [0.717, 1.165) is 21.9 Å². The standard InChI is InChI=1S/C16H14O2/c1-9(2)14-13-7-5-11-8-10(3)4-6-12(11)15(13)18-16(14)17/h4-8H,1-3H3. The predicted molar refractivity (Wildman–Crippen MR) is 72.6 cm³/mol. The van der Waals surface area contributed by atoms with Crippen molar-refractivity contribution in [2.75, 3.05) is 0 Å². The van der Waals surface area contributed by atoms with E-state index < -0.39 is 0 Å². The largest absolute Gasteiger partial charge is 0.422 e. The lowest BCUT2D eigenvalue weighted by atomic mass is 9.98. The highest BCUT2D eigenvalue weighted by atomic mass is 16.5. The van der Waals surface area contributed by atoms with Crippen molar-refractivity contribution >= 4 is 22.3 Å². The lowest BCUT2D eigenvalue weighted by molar-refractivity contribution is -0.126. The number of carbonyl (C=O) groups excluding carboxylic acids is 1. The molecule has 3 rings (SSSR count). The Morgan fingerprint density at radius 3 is 2.61 bits per heavy atom. The number of aryl methyl sites for hydroxylation is 1. The molecule has 0 aromatic heterocycles. The number of fused-ring (bicyclic) bond motifs is 3.